The maximum Gasteiger partial charge on any atom is 0.191 e. The number of hydrogen-bond donors (Lipinski definition) is 0. The van der Waals surface area contributed by atoms with Crippen LogP contribution in [-0.2, 0) is 0 Å². The zero-order valence-corrected chi connectivity index (χ0v) is 12.2. The highest BCUT2D eigenvalue weighted by Gasteiger charge is 2.25. The van der Waals surface area contributed by atoms with E-state index in [4.69, 9.17) is 11.6 Å². The molecule has 4 rings (SSSR count). The molecule has 22 heavy (non-hydrogen) atoms. The fourth-order valence-corrected chi connectivity index (χ4v) is 2.98. The van der Waals surface area contributed by atoms with E-state index in [1.54, 1.807) is 6.07 Å². The minimum Gasteiger partial charge on any atom is -0.206 e. The standard InChI is InChI=1S/C15H11ClF2N4/c16-14-9(8-3-1-4-8)7-12-19-20-15(22(12)21-14)13-10(17)5-2-6-11(13)18/h2,5-8H,1,3-4H2. The van der Waals surface area contributed by atoms with Gasteiger partial charge in [0.2, 0.25) is 0 Å². The summed E-state index contributed by atoms with van der Waals surface area (Å²) >= 11 is 6.23. The van der Waals surface area contributed by atoms with Crippen LogP contribution in [0.4, 0.5) is 8.78 Å². The summed E-state index contributed by atoms with van der Waals surface area (Å²) in [5.41, 5.74) is 1.10. The topological polar surface area (TPSA) is 43.1 Å². The Morgan fingerprint density at radius 1 is 1.14 bits per heavy atom. The molecule has 0 N–H and O–H groups in total. The molecule has 0 radical (unpaired) electrons. The minimum atomic E-state index is -0.713. The lowest BCUT2D eigenvalue weighted by molar-refractivity contribution is 0.418. The fourth-order valence-electron chi connectivity index (χ4n) is 2.70. The Morgan fingerprint density at radius 3 is 2.50 bits per heavy atom. The largest absolute Gasteiger partial charge is 0.206 e. The molecule has 2 heterocycles. The van der Waals surface area contributed by atoms with E-state index >= 15 is 0 Å². The van der Waals surface area contributed by atoms with Gasteiger partial charge < -0.3 is 0 Å². The van der Waals surface area contributed by atoms with Crippen molar-refractivity contribution in [1.29, 1.82) is 0 Å². The van der Waals surface area contributed by atoms with Crippen molar-refractivity contribution in [2.24, 2.45) is 0 Å². The summed E-state index contributed by atoms with van der Waals surface area (Å²) in [4.78, 5) is 0. The lowest BCUT2D eigenvalue weighted by atomic mass is 9.81. The summed E-state index contributed by atoms with van der Waals surface area (Å²) in [5.74, 6) is -1.03. The molecule has 0 unspecified atom stereocenters. The predicted octanol–water partition coefficient (Wildman–Crippen LogP) is 3.99. The van der Waals surface area contributed by atoms with Gasteiger partial charge in [-0.25, -0.2) is 8.78 Å². The molecule has 0 atom stereocenters. The van der Waals surface area contributed by atoms with E-state index in [9.17, 15) is 8.78 Å². The van der Waals surface area contributed by atoms with Crippen molar-refractivity contribution < 1.29 is 8.78 Å². The van der Waals surface area contributed by atoms with Gasteiger partial charge in [-0.15, -0.1) is 10.2 Å². The molecule has 4 nitrogen and oxygen atoms in total. The van der Waals surface area contributed by atoms with Crippen LogP contribution < -0.4 is 0 Å². The second-order valence-corrected chi connectivity index (χ2v) is 5.77. The average molecular weight is 321 g/mol. The molecular weight excluding hydrogens is 310 g/mol. The maximum absolute atomic E-state index is 13.9. The van der Waals surface area contributed by atoms with Gasteiger partial charge in [0, 0.05) is 0 Å². The maximum atomic E-state index is 13.9. The molecule has 0 bridgehead atoms. The zero-order valence-electron chi connectivity index (χ0n) is 11.4. The average Bonchev–Trinajstić information content (AvgIpc) is 2.80. The zero-order chi connectivity index (χ0) is 15.3. The van der Waals surface area contributed by atoms with Crippen LogP contribution in [0.1, 0.15) is 30.7 Å². The van der Waals surface area contributed by atoms with E-state index in [-0.39, 0.29) is 11.4 Å². The van der Waals surface area contributed by atoms with Gasteiger partial charge in [0.05, 0.1) is 5.56 Å². The van der Waals surface area contributed by atoms with Gasteiger partial charge in [-0.1, -0.05) is 24.1 Å². The number of fused-ring (bicyclic) bond motifs is 1. The summed E-state index contributed by atoms with van der Waals surface area (Å²) in [7, 11) is 0. The minimum absolute atomic E-state index is 0.00709. The number of benzene rings is 1. The van der Waals surface area contributed by atoms with Crippen LogP contribution in [0.25, 0.3) is 17.0 Å². The van der Waals surface area contributed by atoms with Crippen LogP contribution in [0.5, 0.6) is 0 Å². The quantitative estimate of drug-likeness (QED) is 0.717. The lowest BCUT2D eigenvalue weighted by Crippen LogP contribution is -2.11. The first-order valence-corrected chi connectivity index (χ1v) is 7.39. The smallest absolute Gasteiger partial charge is 0.191 e. The second kappa shape index (κ2) is 4.98. The van der Waals surface area contributed by atoms with Crippen molar-refractivity contribution in [3.8, 4) is 11.4 Å². The Kier molecular flexibility index (Phi) is 3.07. The summed E-state index contributed by atoms with van der Waals surface area (Å²) in [5, 5.41) is 12.4. The first kappa shape index (κ1) is 13.6. The van der Waals surface area contributed by atoms with Crippen LogP contribution in [0.15, 0.2) is 24.3 Å². The molecule has 1 fully saturated rings. The van der Waals surface area contributed by atoms with Crippen LogP contribution in [0.3, 0.4) is 0 Å². The van der Waals surface area contributed by atoms with Crippen molar-refractivity contribution in [2.75, 3.05) is 0 Å². The van der Waals surface area contributed by atoms with Crippen molar-refractivity contribution in [2.45, 2.75) is 25.2 Å². The van der Waals surface area contributed by atoms with E-state index in [1.807, 2.05) is 0 Å². The van der Waals surface area contributed by atoms with Gasteiger partial charge in [-0.3, -0.25) is 0 Å². The molecule has 1 saturated carbocycles. The van der Waals surface area contributed by atoms with E-state index in [0.29, 0.717) is 16.7 Å². The Balaban J connectivity index is 1.91. The molecule has 1 aromatic carbocycles. The van der Waals surface area contributed by atoms with Gasteiger partial charge >= 0.3 is 0 Å². The van der Waals surface area contributed by atoms with Gasteiger partial charge in [0.1, 0.15) is 11.6 Å². The molecule has 0 spiro atoms. The molecule has 112 valence electrons. The third kappa shape index (κ3) is 1.98. The van der Waals surface area contributed by atoms with Gasteiger partial charge in [0.25, 0.3) is 0 Å². The Hall–Kier alpha value is -2.08. The molecular formula is C15H11ClF2N4. The SMILES string of the molecule is Fc1cccc(F)c1-c1nnc2cc(C3CCC3)c(Cl)nn12. The first-order chi connectivity index (χ1) is 10.6. The van der Waals surface area contributed by atoms with Crippen molar-refractivity contribution in [3.05, 3.63) is 46.6 Å². The van der Waals surface area contributed by atoms with E-state index in [0.717, 1.165) is 18.4 Å². The molecule has 2 aromatic heterocycles. The molecule has 0 amide bonds. The van der Waals surface area contributed by atoms with Gasteiger partial charge in [0.15, 0.2) is 16.6 Å². The number of rotatable bonds is 2. The van der Waals surface area contributed by atoms with Crippen LogP contribution in [0.2, 0.25) is 5.15 Å². The van der Waals surface area contributed by atoms with Crippen LogP contribution >= 0.6 is 11.6 Å². The summed E-state index contributed by atoms with van der Waals surface area (Å²) in [6.45, 7) is 0. The van der Waals surface area contributed by atoms with Gasteiger partial charge in [-0.05, 0) is 42.5 Å². The number of hydrogen-bond acceptors (Lipinski definition) is 3. The highest BCUT2D eigenvalue weighted by Crippen LogP contribution is 2.39. The Bertz CT molecular complexity index is 853. The number of aromatic nitrogens is 4. The van der Waals surface area contributed by atoms with Gasteiger partial charge in [-0.2, -0.15) is 9.61 Å². The Morgan fingerprint density at radius 2 is 1.86 bits per heavy atom. The first-order valence-electron chi connectivity index (χ1n) is 7.01. The van der Waals surface area contributed by atoms with E-state index in [1.165, 1.54) is 29.1 Å². The van der Waals surface area contributed by atoms with Crippen molar-refractivity contribution in [1.82, 2.24) is 19.8 Å². The summed E-state index contributed by atoms with van der Waals surface area (Å²) < 4.78 is 29.1. The molecule has 7 heteroatoms. The number of halogens is 3. The van der Waals surface area contributed by atoms with Crippen LogP contribution in [-0.4, -0.2) is 19.8 Å². The van der Waals surface area contributed by atoms with Crippen LogP contribution in [0, 0.1) is 11.6 Å². The second-order valence-electron chi connectivity index (χ2n) is 5.41. The summed E-state index contributed by atoms with van der Waals surface area (Å²) in [6.07, 6.45) is 3.31. The Labute approximate surface area is 129 Å². The lowest BCUT2D eigenvalue weighted by Gasteiger charge is -2.25. The highest BCUT2D eigenvalue weighted by molar-refractivity contribution is 6.30. The highest BCUT2D eigenvalue weighted by atomic mass is 35.5. The van der Waals surface area contributed by atoms with E-state index < -0.39 is 11.6 Å². The molecule has 3 aromatic rings. The molecule has 0 saturated heterocycles. The summed E-state index contributed by atoms with van der Waals surface area (Å²) in [6, 6.07) is 5.44. The fraction of sp³-hybridized carbons (Fsp3) is 0.267. The van der Waals surface area contributed by atoms with Crippen molar-refractivity contribution in [3.63, 3.8) is 0 Å². The molecule has 1 aliphatic rings. The monoisotopic (exact) mass is 320 g/mol. The molecule has 0 aliphatic heterocycles. The van der Waals surface area contributed by atoms with Crippen molar-refractivity contribution >= 4 is 17.2 Å². The normalized spacial score (nSPS) is 15.2. The molecule has 1 aliphatic carbocycles. The number of nitrogens with zero attached hydrogens (tertiary/aromatic N) is 4. The predicted molar refractivity (Wildman–Crippen MR) is 77.7 cm³/mol. The third-order valence-corrected chi connectivity index (χ3v) is 4.40. The third-order valence-electron chi connectivity index (χ3n) is 4.11. The van der Waals surface area contributed by atoms with E-state index in [2.05, 4.69) is 15.3 Å².